The monoisotopic (exact) mass is 257 g/mol. The first-order chi connectivity index (χ1) is 8.36. The van der Waals surface area contributed by atoms with Crippen molar-refractivity contribution in [3.05, 3.63) is 29.3 Å². The van der Waals surface area contributed by atoms with Crippen LogP contribution in [0.5, 0.6) is 0 Å². The molecule has 7 heteroatoms. The number of carbonyl (C=O) groups excluding carboxylic acids is 2. The van der Waals surface area contributed by atoms with Crippen LogP contribution in [0.15, 0.2) is 12.1 Å². The number of hydrogen-bond donors (Lipinski definition) is 2. The fourth-order valence-electron chi connectivity index (χ4n) is 1.30. The van der Waals surface area contributed by atoms with Crippen molar-refractivity contribution in [3.63, 3.8) is 0 Å². The topological polar surface area (TPSA) is 75.4 Å². The first kappa shape index (κ1) is 13.9. The molecule has 0 bridgehead atoms. The molecular weight excluding hydrogens is 244 g/mol. The average molecular weight is 257 g/mol. The van der Waals surface area contributed by atoms with Crippen molar-refractivity contribution < 1.29 is 18.4 Å². The molecule has 0 heterocycles. The van der Waals surface area contributed by atoms with Gasteiger partial charge in [0.1, 0.15) is 11.6 Å². The summed E-state index contributed by atoms with van der Waals surface area (Å²) in [4.78, 5) is 23.9. The highest BCUT2D eigenvalue weighted by molar-refractivity contribution is 5.97. The summed E-state index contributed by atoms with van der Waals surface area (Å²) in [6.45, 7) is -0.230. The Morgan fingerprint density at radius 1 is 1.33 bits per heavy atom. The number of anilines is 1. The third kappa shape index (κ3) is 2.93. The summed E-state index contributed by atoms with van der Waals surface area (Å²) in [5.41, 5.74) is 4.56. The maximum Gasteiger partial charge on any atom is 0.257 e. The summed E-state index contributed by atoms with van der Waals surface area (Å²) in [6, 6.07) is 1.45. The van der Waals surface area contributed by atoms with Gasteiger partial charge in [-0.1, -0.05) is 0 Å². The number of rotatable bonds is 3. The molecule has 0 aliphatic carbocycles. The summed E-state index contributed by atoms with van der Waals surface area (Å²) in [6.07, 6.45) is 0. The van der Waals surface area contributed by atoms with E-state index in [1.807, 2.05) is 0 Å². The molecule has 0 aliphatic heterocycles. The van der Waals surface area contributed by atoms with Crippen molar-refractivity contribution in [2.24, 2.45) is 0 Å². The molecule has 0 aromatic heterocycles. The van der Waals surface area contributed by atoms with Crippen molar-refractivity contribution in [2.45, 2.75) is 0 Å². The Morgan fingerprint density at radius 2 is 1.94 bits per heavy atom. The number of nitrogens with two attached hydrogens (primary N) is 1. The largest absolute Gasteiger partial charge is 0.396 e. The second-order valence-electron chi connectivity index (χ2n) is 3.69. The van der Waals surface area contributed by atoms with Gasteiger partial charge in [-0.2, -0.15) is 0 Å². The van der Waals surface area contributed by atoms with Crippen LogP contribution in [0, 0.1) is 11.6 Å². The number of amides is 2. The predicted molar refractivity (Wildman–Crippen MR) is 61.8 cm³/mol. The Balaban J connectivity index is 2.97. The van der Waals surface area contributed by atoms with Crippen molar-refractivity contribution >= 4 is 17.5 Å². The molecule has 1 rings (SSSR count). The molecule has 18 heavy (non-hydrogen) atoms. The van der Waals surface area contributed by atoms with Crippen molar-refractivity contribution in [1.29, 1.82) is 0 Å². The molecule has 0 atom stereocenters. The Kier molecular flexibility index (Phi) is 4.19. The summed E-state index contributed by atoms with van der Waals surface area (Å²) in [5.74, 6) is -3.10. The van der Waals surface area contributed by atoms with Crippen LogP contribution in [0.4, 0.5) is 14.5 Å². The van der Waals surface area contributed by atoms with E-state index in [4.69, 9.17) is 5.73 Å². The lowest BCUT2D eigenvalue weighted by molar-refractivity contribution is -0.121. The number of carbonyl (C=O) groups is 2. The first-order valence-corrected chi connectivity index (χ1v) is 5.07. The van der Waals surface area contributed by atoms with Crippen LogP contribution in [0.25, 0.3) is 0 Å². The minimum absolute atomic E-state index is 0.230. The second-order valence-corrected chi connectivity index (χ2v) is 3.69. The molecule has 5 nitrogen and oxygen atoms in total. The maximum atomic E-state index is 13.4. The lowest BCUT2D eigenvalue weighted by Gasteiger charge is -2.16. The van der Waals surface area contributed by atoms with Gasteiger partial charge in [0.2, 0.25) is 5.91 Å². The quantitative estimate of drug-likeness (QED) is 0.768. The van der Waals surface area contributed by atoms with Crippen LogP contribution in [-0.4, -0.2) is 37.4 Å². The van der Waals surface area contributed by atoms with Crippen LogP contribution >= 0.6 is 0 Å². The van der Waals surface area contributed by atoms with E-state index < -0.39 is 23.4 Å². The van der Waals surface area contributed by atoms with Crippen molar-refractivity contribution in [2.75, 3.05) is 26.4 Å². The summed E-state index contributed by atoms with van der Waals surface area (Å²) < 4.78 is 26.4. The maximum absolute atomic E-state index is 13.4. The third-order valence-corrected chi connectivity index (χ3v) is 2.32. The number of benzene rings is 1. The number of nitrogen functional groups attached to an aromatic ring is 1. The van der Waals surface area contributed by atoms with Gasteiger partial charge in [0.25, 0.3) is 5.91 Å². The number of nitrogens with one attached hydrogen (secondary N) is 1. The number of nitrogens with zero attached hydrogens (tertiary/aromatic N) is 1. The standard InChI is InChI=1S/C11H13F2N3O2/c1-15-10(17)5-16(2)11(18)6-3-9(14)8(13)4-7(6)12/h3-4H,5,14H2,1-2H3,(H,15,17). The number of hydrogen-bond acceptors (Lipinski definition) is 3. The Bertz CT molecular complexity index is 491. The Labute approximate surface area is 103 Å². The fraction of sp³-hybridized carbons (Fsp3) is 0.273. The Hall–Kier alpha value is -2.18. The van der Waals surface area contributed by atoms with E-state index in [2.05, 4.69) is 5.32 Å². The normalized spacial score (nSPS) is 10.0. The highest BCUT2D eigenvalue weighted by atomic mass is 19.1. The molecule has 0 saturated heterocycles. The Morgan fingerprint density at radius 3 is 2.50 bits per heavy atom. The van der Waals surface area contributed by atoms with Gasteiger partial charge in [-0.25, -0.2) is 8.78 Å². The van der Waals surface area contributed by atoms with Gasteiger partial charge in [-0.3, -0.25) is 9.59 Å². The third-order valence-electron chi connectivity index (χ3n) is 2.32. The lowest BCUT2D eigenvalue weighted by Crippen LogP contribution is -2.37. The fourth-order valence-corrected chi connectivity index (χ4v) is 1.30. The van der Waals surface area contributed by atoms with Gasteiger partial charge in [-0.05, 0) is 6.07 Å². The van der Waals surface area contributed by atoms with Gasteiger partial charge >= 0.3 is 0 Å². The zero-order valence-corrected chi connectivity index (χ0v) is 9.96. The number of halogens is 2. The lowest BCUT2D eigenvalue weighted by atomic mass is 10.1. The molecule has 0 aliphatic rings. The smallest absolute Gasteiger partial charge is 0.257 e. The molecule has 98 valence electrons. The molecule has 0 fully saturated rings. The summed E-state index contributed by atoms with van der Waals surface area (Å²) in [5, 5.41) is 2.33. The zero-order chi connectivity index (χ0) is 13.9. The molecule has 3 N–H and O–H groups in total. The van der Waals surface area contributed by atoms with Crippen molar-refractivity contribution in [3.8, 4) is 0 Å². The molecule has 0 radical (unpaired) electrons. The second kappa shape index (κ2) is 5.44. The molecule has 0 saturated carbocycles. The van der Waals surface area contributed by atoms with Gasteiger partial charge in [0.15, 0.2) is 0 Å². The van der Waals surface area contributed by atoms with Crippen LogP contribution in [0.1, 0.15) is 10.4 Å². The van der Waals surface area contributed by atoms with E-state index in [-0.39, 0.29) is 17.8 Å². The molecule has 2 amide bonds. The van der Waals surface area contributed by atoms with Gasteiger partial charge < -0.3 is 16.0 Å². The van der Waals surface area contributed by atoms with Gasteiger partial charge in [0, 0.05) is 20.2 Å². The van der Waals surface area contributed by atoms with Gasteiger partial charge in [0.05, 0.1) is 17.8 Å². The minimum Gasteiger partial charge on any atom is -0.396 e. The average Bonchev–Trinajstić information content (AvgIpc) is 2.32. The van der Waals surface area contributed by atoms with Crippen molar-refractivity contribution in [1.82, 2.24) is 10.2 Å². The first-order valence-electron chi connectivity index (χ1n) is 5.07. The molecule has 1 aromatic rings. The highest BCUT2D eigenvalue weighted by Crippen LogP contribution is 2.17. The molecule has 0 unspecified atom stereocenters. The minimum atomic E-state index is -1.02. The van der Waals surface area contributed by atoms with Crippen LogP contribution in [-0.2, 0) is 4.79 Å². The highest BCUT2D eigenvalue weighted by Gasteiger charge is 2.19. The van der Waals surface area contributed by atoms with E-state index in [1.54, 1.807) is 0 Å². The molecule has 1 aromatic carbocycles. The molecular formula is C11H13F2N3O2. The van der Waals surface area contributed by atoms with Crippen LogP contribution in [0.3, 0.4) is 0 Å². The summed E-state index contributed by atoms with van der Waals surface area (Å²) >= 11 is 0. The molecule has 0 spiro atoms. The predicted octanol–water partition coefficient (Wildman–Crippen LogP) is 0.365. The summed E-state index contributed by atoms with van der Waals surface area (Å²) in [7, 11) is 2.74. The van der Waals surface area contributed by atoms with E-state index in [0.717, 1.165) is 11.0 Å². The van der Waals surface area contributed by atoms with E-state index in [0.29, 0.717) is 6.07 Å². The SMILES string of the molecule is CNC(=O)CN(C)C(=O)c1cc(N)c(F)cc1F. The van der Waals surface area contributed by atoms with Gasteiger partial charge in [-0.15, -0.1) is 0 Å². The van der Waals surface area contributed by atoms with E-state index in [1.165, 1.54) is 14.1 Å². The zero-order valence-electron chi connectivity index (χ0n) is 9.96. The van der Waals surface area contributed by atoms with E-state index in [9.17, 15) is 18.4 Å². The van der Waals surface area contributed by atoms with Crippen LogP contribution in [0.2, 0.25) is 0 Å². The van der Waals surface area contributed by atoms with Crippen LogP contribution < -0.4 is 11.1 Å². The van der Waals surface area contributed by atoms with E-state index >= 15 is 0 Å². The number of likely N-dealkylation sites (N-methyl/N-ethyl adjacent to an activating group) is 2.